The molecule has 1 aliphatic rings. The largest absolute Gasteiger partial charge is 0.489 e. The Balaban J connectivity index is 1.61. The van der Waals surface area contributed by atoms with E-state index in [2.05, 4.69) is 32.3 Å². The molecule has 0 amide bonds. The molecule has 1 fully saturated rings. The minimum Gasteiger partial charge on any atom is -0.489 e. The lowest BCUT2D eigenvalue weighted by molar-refractivity contribution is 0.162. The zero-order chi connectivity index (χ0) is 24.6. The number of aromatic nitrogens is 2. The van der Waals surface area contributed by atoms with Crippen LogP contribution in [0.3, 0.4) is 0 Å². The molecule has 5 rings (SSSR count). The summed E-state index contributed by atoms with van der Waals surface area (Å²) in [5.41, 5.74) is 3.07. The van der Waals surface area contributed by atoms with Crippen LogP contribution in [0, 0.1) is 18.3 Å². The van der Waals surface area contributed by atoms with Crippen molar-refractivity contribution in [1.29, 1.82) is 5.26 Å². The zero-order valence-electron chi connectivity index (χ0n) is 19.0. The van der Waals surface area contributed by atoms with Gasteiger partial charge in [0.05, 0.1) is 10.5 Å². The topological polar surface area (TPSA) is 97.0 Å². The fourth-order valence-corrected chi connectivity index (χ4v) is 5.93. The van der Waals surface area contributed by atoms with Crippen molar-refractivity contribution in [1.82, 2.24) is 14.3 Å². The van der Waals surface area contributed by atoms with Crippen molar-refractivity contribution in [3.05, 3.63) is 76.5 Å². The Bertz CT molecular complexity index is 1550. The number of nitriles is 1. The molecule has 0 aliphatic carbocycles. The second-order valence-electron chi connectivity index (χ2n) is 8.57. The first kappa shape index (κ1) is 23.5. The SMILES string of the molecule is Cc1ccc(S(=O)(=O)n2cc(-c3ccc(OC4CCNCC4)c(C#N)c3)c3cc(Br)cnc32)cc1. The second kappa shape index (κ2) is 9.46. The number of halogens is 1. The molecule has 1 saturated heterocycles. The van der Waals surface area contributed by atoms with Gasteiger partial charge in [0, 0.05) is 27.8 Å². The number of rotatable bonds is 5. The summed E-state index contributed by atoms with van der Waals surface area (Å²) in [6.45, 7) is 3.69. The van der Waals surface area contributed by atoms with Gasteiger partial charge < -0.3 is 10.1 Å². The Kier molecular flexibility index (Phi) is 6.36. The first-order valence-corrected chi connectivity index (χ1v) is 13.5. The Labute approximate surface area is 212 Å². The molecule has 9 heteroatoms. The number of aryl methyl sites for hydroxylation is 1. The summed E-state index contributed by atoms with van der Waals surface area (Å²) in [6, 6.07) is 16.2. The summed E-state index contributed by atoms with van der Waals surface area (Å²) in [5, 5.41) is 13.8. The lowest BCUT2D eigenvalue weighted by Gasteiger charge is -2.24. The molecule has 0 bridgehead atoms. The van der Waals surface area contributed by atoms with E-state index in [9.17, 15) is 13.7 Å². The van der Waals surface area contributed by atoms with E-state index in [1.807, 2.05) is 19.1 Å². The highest BCUT2D eigenvalue weighted by Crippen LogP contribution is 2.36. The summed E-state index contributed by atoms with van der Waals surface area (Å²) in [4.78, 5) is 4.60. The Morgan fingerprint density at radius 3 is 2.60 bits per heavy atom. The van der Waals surface area contributed by atoms with E-state index >= 15 is 0 Å². The van der Waals surface area contributed by atoms with E-state index in [4.69, 9.17) is 4.74 Å². The molecule has 2 aromatic carbocycles. The van der Waals surface area contributed by atoms with Crippen molar-refractivity contribution in [2.24, 2.45) is 0 Å². The first-order chi connectivity index (χ1) is 16.9. The fraction of sp³-hybridized carbons (Fsp3) is 0.231. The minimum atomic E-state index is -3.88. The Hall–Kier alpha value is -3.19. The molecular formula is C26H23BrN4O3S. The van der Waals surface area contributed by atoms with Crippen molar-refractivity contribution in [3.8, 4) is 22.9 Å². The summed E-state index contributed by atoms with van der Waals surface area (Å²) in [7, 11) is -3.88. The van der Waals surface area contributed by atoms with Gasteiger partial charge in [-0.25, -0.2) is 17.4 Å². The molecule has 0 atom stereocenters. The number of nitrogens with one attached hydrogen (secondary N) is 1. The van der Waals surface area contributed by atoms with Crippen molar-refractivity contribution in [3.63, 3.8) is 0 Å². The second-order valence-corrected chi connectivity index (χ2v) is 11.3. The van der Waals surface area contributed by atoms with Crippen LogP contribution in [-0.2, 0) is 10.0 Å². The summed E-state index contributed by atoms with van der Waals surface area (Å²) in [5.74, 6) is 0.540. The molecule has 0 radical (unpaired) electrons. The van der Waals surface area contributed by atoms with E-state index in [-0.39, 0.29) is 11.0 Å². The number of fused-ring (bicyclic) bond motifs is 1. The molecule has 178 valence electrons. The molecular weight excluding hydrogens is 528 g/mol. The standard InChI is InChI=1S/C26H23BrN4O3S/c1-17-2-5-22(6-3-17)35(32,33)31-16-24(23-13-20(27)15-30-26(23)31)18-4-7-25(19(12-18)14-28)34-21-8-10-29-11-9-21/h2-7,12-13,15-16,21,29H,8-11H2,1H3. The molecule has 4 aromatic rings. The van der Waals surface area contributed by atoms with Crippen LogP contribution < -0.4 is 10.1 Å². The summed E-state index contributed by atoms with van der Waals surface area (Å²) >= 11 is 3.45. The smallest absolute Gasteiger partial charge is 0.269 e. The maximum atomic E-state index is 13.5. The van der Waals surface area contributed by atoms with Crippen LogP contribution >= 0.6 is 15.9 Å². The number of nitrogens with zero attached hydrogens (tertiary/aromatic N) is 3. The Morgan fingerprint density at radius 1 is 1.14 bits per heavy atom. The van der Waals surface area contributed by atoms with Crippen LogP contribution in [0.5, 0.6) is 5.75 Å². The fourth-order valence-electron chi connectivity index (χ4n) is 4.27. The third-order valence-electron chi connectivity index (χ3n) is 6.15. The van der Waals surface area contributed by atoms with Crippen LogP contribution in [0.4, 0.5) is 0 Å². The van der Waals surface area contributed by atoms with Crippen LogP contribution in [0.15, 0.2) is 70.3 Å². The van der Waals surface area contributed by atoms with Crippen LogP contribution in [0.2, 0.25) is 0 Å². The van der Waals surface area contributed by atoms with Gasteiger partial charge in [-0.15, -0.1) is 0 Å². The van der Waals surface area contributed by atoms with Crippen LogP contribution in [-0.4, -0.2) is 36.6 Å². The van der Waals surface area contributed by atoms with E-state index in [0.717, 1.165) is 36.0 Å². The molecule has 3 heterocycles. The van der Waals surface area contributed by atoms with E-state index in [1.54, 1.807) is 48.8 Å². The van der Waals surface area contributed by atoms with Gasteiger partial charge in [-0.3, -0.25) is 0 Å². The van der Waals surface area contributed by atoms with Gasteiger partial charge in [0.25, 0.3) is 10.0 Å². The predicted molar refractivity (Wildman–Crippen MR) is 138 cm³/mol. The molecule has 1 N–H and O–H groups in total. The monoisotopic (exact) mass is 550 g/mol. The van der Waals surface area contributed by atoms with E-state index in [1.165, 1.54) is 3.97 Å². The van der Waals surface area contributed by atoms with Gasteiger partial charge in [-0.2, -0.15) is 5.26 Å². The van der Waals surface area contributed by atoms with Gasteiger partial charge >= 0.3 is 0 Å². The van der Waals surface area contributed by atoms with Gasteiger partial charge in [0.15, 0.2) is 5.65 Å². The van der Waals surface area contributed by atoms with E-state index < -0.39 is 10.0 Å². The normalized spacial score (nSPS) is 14.7. The number of hydrogen-bond acceptors (Lipinski definition) is 6. The Morgan fingerprint density at radius 2 is 1.89 bits per heavy atom. The quantitative estimate of drug-likeness (QED) is 0.375. The average molecular weight is 551 g/mol. The number of benzene rings is 2. The van der Waals surface area contributed by atoms with Gasteiger partial charge in [-0.1, -0.05) is 23.8 Å². The van der Waals surface area contributed by atoms with E-state index in [0.29, 0.717) is 33.5 Å². The molecule has 35 heavy (non-hydrogen) atoms. The molecule has 7 nitrogen and oxygen atoms in total. The third kappa shape index (κ3) is 4.57. The highest BCUT2D eigenvalue weighted by atomic mass is 79.9. The lowest BCUT2D eigenvalue weighted by Crippen LogP contribution is -2.34. The van der Waals surface area contributed by atoms with Gasteiger partial charge in [0.2, 0.25) is 0 Å². The maximum absolute atomic E-state index is 13.5. The number of piperidine rings is 1. The zero-order valence-corrected chi connectivity index (χ0v) is 21.4. The van der Waals surface area contributed by atoms with Crippen molar-refractivity contribution < 1.29 is 13.2 Å². The van der Waals surface area contributed by atoms with Crippen molar-refractivity contribution in [2.75, 3.05) is 13.1 Å². The predicted octanol–water partition coefficient (Wildman–Crippen LogP) is 5.01. The van der Waals surface area contributed by atoms with Gasteiger partial charge in [-0.05, 0) is 84.7 Å². The maximum Gasteiger partial charge on any atom is 0.269 e. The highest BCUT2D eigenvalue weighted by Gasteiger charge is 2.24. The van der Waals surface area contributed by atoms with Crippen molar-refractivity contribution in [2.45, 2.75) is 30.8 Å². The molecule has 1 aliphatic heterocycles. The minimum absolute atomic E-state index is 0.0657. The molecule has 2 aromatic heterocycles. The van der Waals surface area contributed by atoms with Crippen LogP contribution in [0.25, 0.3) is 22.2 Å². The summed E-state index contributed by atoms with van der Waals surface area (Å²) in [6.07, 6.45) is 4.98. The van der Waals surface area contributed by atoms with Crippen molar-refractivity contribution >= 4 is 37.0 Å². The molecule has 0 spiro atoms. The molecule has 0 saturated carbocycles. The third-order valence-corrected chi connectivity index (χ3v) is 8.24. The van der Waals surface area contributed by atoms with Gasteiger partial charge in [0.1, 0.15) is 17.9 Å². The average Bonchev–Trinajstić information content (AvgIpc) is 3.24. The highest BCUT2D eigenvalue weighted by molar-refractivity contribution is 9.10. The number of pyridine rings is 1. The first-order valence-electron chi connectivity index (χ1n) is 11.3. The summed E-state index contributed by atoms with van der Waals surface area (Å²) < 4.78 is 35.1. The van der Waals surface area contributed by atoms with Crippen LogP contribution in [0.1, 0.15) is 24.0 Å². The lowest BCUT2D eigenvalue weighted by atomic mass is 10.0. The number of ether oxygens (including phenoxy) is 1. The number of hydrogen-bond donors (Lipinski definition) is 1. The molecule has 0 unspecified atom stereocenters.